The van der Waals surface area contributed by atoms with Crippen LogP contribution in [0.2, 0.25) is 5.02 Å². The number of allylic oxidation sites excluding steroid dienone is 1. The van der Waals surface area contributed by atoms with E-state index in [1.807, 2.05) is 6.92 Å². The van der Waals surface area contributed by atoms with Crippen molar-refractivity contribution < 1.29 is 14.3 Å². The molecule has 114 valence electrons. The molecule has 1 aromatic rings. The molecule has 1 N–H and O–H groups in total. The number of ketones is 1. The molecule has 5 heteroatoms. The highest BCUT2D eigenvalue weighted by Gasteiger charge is 2.22. The minimum Gasteiger partial charge on any atom is -0.464 e. The van der Waals surface area contributed by atoms with Crippen molar-refractivity contribution in [1.82, 2.24) is 0 Å². The number of ether oxygens (including phenoxy) is 1. The first-order chi connectivity index (χ1) is 9.65. The number of anilines is 1. The van der Waals surface area contributed by atoms with Crippen LogP contribution in [0.4, 0.5) is 5.69 Å². The number of carbonyl (C=O) groups excluding carboxylic acids is 2. The van der Waals surface area contributed by atoms with Crippen LogP contribution in [0, 0.1) is 12.3 Å². The average molecular weight is 310 g/mol. The van der Waals surface area contributed by atoms with Crippen LogP contribution in [0.15, 0.2) is 30.0 Å². The van der Waals surface area contributed by atoms with Gasteiger partial charge in [0, 0.05) is 22.2 Å². The van der Waals surface area contributed by atoms with Crippen molar-refractivity contribution in [3.8, 4) is 0 Å². The summed E-state index contributed by atoms with van der Waals surface area (Å²) in [5, 5.41) is 3.54. The fourth-order valence-corrected chi connectivity index (χ4v) is 1.74. The Kier molecular flexibility index (Phi) is 5.55. The summed E-state index contributed by atoms with van der Waals surface area (Å²) < 4.78 is 4.71. The number of aryl methyl sites for hydroxylation is 1. The third-order valence-corrected chi connectivity index (χ3v) is 3.11. The Morgan fingerprint density at radius 2 is 1.90 bits per heavy atom. The second-order valence-electron chi connectivity index (χ2n) is 5.75. The van der Waals surface area contributed by atoms with E-state index in [1.165, 1.54) is 13.2 Å². The van der Waals surface area contributed by atoms with Gasteiger partial charge < -0.3 is 10.1 Å². The molecule has 0 amide bonds. The molecule has 0 radical (unpaired) electrons. The Morgan fingerprint density at radius 1 is 1.29 bits per heavy atom. The van der Waals surface area contributed by atoms with E-state index in [2.05, 4.69) is 5.32 Å². The summed E-state index contributed by atoms with van der Waals surface area (Å²) in [5.41, 5.74) is 1.08. The maximum absolute atomic E-state index is 12.1. The van der Waals surface area contributed by atoms with E-state index in [0.29, 0.717) is 10.7 Å². The van der Waals surface area contributed by atoms with Crippen molar-refractivity contribution in [2.45, 2.75) is 27.7 Å². The molecule has 0 spiro atoms. The zero-order chi connectivity index (χ0) is 16.2. The van der Waals surface area contributed by atoms with Gasteiger partial charge in [-0.05, 0) is 30.7 Å². The Bertz CT molecular complexity index is 586. The summed E-state index contributed by atoms with van der Waals surface area (Å²) in [5.74, 6) is -0.760. The van der Waals surface area contributed by atoms with Crippen LogP contribution < -0.4 is 5.32 Å². The van der Waals surface area contributed by atoms with E-state index in [-0.39, 0.29) is 11.5 Å². The van der Waals surface area contributed by atoms with Gasteiger partial charge in [0.2, 0.25) is 0 Å². The zero-order valence-corrected chi connectivity index (χ0v) is 13.7. The molecule has 1 rings (SSSR count). The van der Waals surface area contributed by atoms with Crippen LogP contribution >= 0.6 is 11.6 Å². The Labute approximate surface area is 130 Å². The van der Waals surface area contributed by atoms with Crippen molar-refractivity contribution in [3.05, 3.63) is 40.6 Å². The van der Waals surface area contributed by atoms with Gasteiger partial charge in [-0.15, -0.1) is 0 Å². The quantitative estimate of drug-likeness (QED) is 0.680. The predicted molar refractivity (Wildman–Crippen MR) is 84.4 cm³/mol. The summed E-state index contributed by atoms with van der Waals surface area (Å²) in [6, 6.07) is 5.22. The molecule has 0 aliphatic heterocycles. The summed E-state index contributed by atoms with van der Waals surface area (Å²) in [6.45, 7) is 7.21. The van der Waals surface area contributed by atoms with Gasteiger partial charge in [0.25, 0.3) is 0 Å². The van der Waals surface area contributed by atoms with Gasteiger partial charge in [-0.3, -0.25) is 4.79 Å². The number of esters is 1. The number of hydrogen-bond donors (Lipinski definition) is 1. The molecule has 0 bridgehead atoms. The molecule has 0 unspecified atom stereocenters. The average Bonchev–Trinajstić information content (AvgIpc) is 2.38. The van der Waals surface area contributed by atoms with Gasteiger partial charge in [-0.2, -0.15) is 0 Å². The first kappa shape index (κ1) is 17.2. The van der Waals surface area contributed by atoms with Gasteiger partial charge in [0.1, 0.15) is 5.70 Å². The maximum Gasteiger partial charge on any atom is 0.354 e. The van der Waals surface area contributed by atoms with Crippen LogP contribution in [0.1, 0.15) is 26.3 Å². The standard InChI is InChI=1S/C16H20ClNO3/c1-10-8-11(17)6-7-12(10)18-13(15(20)21-5)9-14(19)16(2,3)4/h6-9,18H,1-5H3/b13-9-. The summed E-state index contributed by atoms with van der Waals surface area (Å²) >= 11 is 5.90. The molecule has 4 nitrogen and oxygen atoms in total. The highest BCUT2D eigenvalue weighted by molar-refractivity contribution is 6.30. The molecule has 21 heavy (non-hydrogen) atoms. The van der Waals surface area contributed by atoms with Crippen LogP contribution in [-0.4, -0.2) is 18.9 Å². The normalized spacial score (nSPS) is 12.0. The van der Waals surface area contributed by atoms with Crippen molar-refractivity contribution in [2.75, 3.05) is 12.4 Å². The van der Waals surface area contributed by atoms with E-state index in [4.69, 9.17) is 16.3 Å². The number of nitrogens with one attached hydrogen (secondary N) is 1. The third-order valence-electron chi connectivity index (χ3n) is 2.88. The summed E-state index contributed by atoms with van der Waals surface area (Å²) in [7, 11) is 1.27. The van der Waals surface area contributed by atoms with E-state index >= 15 is 0 Å². The Hall–Kier alpha value is -1.81. The molecule has 0 atom stereocenters. The highest BCUT2D eigenvalue weighted by Crippen LogP contribution is 2.22. The maximum atomic E-state index is 12.1. The molecular formula is C16H20ClNO3. The van der Waals surface area contributed by atoms with Crippen molar-refractivity contribution in [1.29, 1.82) is 0 Å². The van der Waals surface area contributed by atoms with Crippen LogP contribution in [0.25, 0.3) is 0 Å². The Morgan fingerprint density at radius 3 is 2.38 bits per heavy atom. The lowest BCUT2D eigenvalue weighted by Crippen LogP contribution is -2.22. The highest BCUT2D eigenvalue weighted by atomic mass is 35.5. The first-order valence-electron chi connectivity index (χ1n) is 6.52. The molecule has 0 aliphatic carbocycles. The topological polar surface area (TPSA) is 55.4 Å². The van der Waals surface area contributed by atoms with Crippen LogP contribution in [-0.2, 0) is 14.3 Å². The molecule has 0 aromatic heterocycles. The predicted octanol–water partition coefficient (Wildman–Crippen LogP) is 3.73. The largest absolute Gasteiger partial charge is 0.464 e. The minimum atomic E-state index is -0.595. The van der Waals surface area contributed by atoms with Crippen LogP contribution in [0.5, 0.6) is 0 Å². The van der Waals surface area contributed by atoms with E-state index in [9.17, 15) is 9.59 Å². The van der Waals surface area contributed by atoms with E-state index < -0.39 is 11.4 Å². The second kappa shape index (κ2) is 6.76. The fraction of sp³-hybridized carbons (Fsp3) is 0.375. The number of methoxy groups -OCH3 is 1. The molecule has 0 aliphatic rings. The van der Waals surface area contributed by atoms with Crippen LogP contribution in [0.3, 0.4) is 0 Å². The lowest BCUT2D eigenvalue weighted by Gasteiger charge is -2.16. The molecular weight excluding hydrogens is 290 g/mol. The van der Waals surface area contributed by atoms with E-state index in [0.717, 1.165) is 5.56 Å². The van der Waals surface area contributed by atoms with Gasteiger partial charge in [-0.25, -0.2) is 4.79 Å². The first-order valence-corrected chi connectivity index (χ1v) is 6.90. The number of carbonyl (C=O) groups is 2. The van der Waals surface area contributed by atoms with Crippen molar-refractivity contribution in [2.24, 2.45) is 5.41 Å². The monoisotopic (exact) mass is 309 g/mol. The zero-order valence-electron chi connectivity index (χ0n) is 12.9. The number of rotatable bonds is 4. The lowest BCUT2D eigenvalue weighted by molar-refractivity contribution is -0.136. The summed E-state index contributed by atoms with van der Waals surface area (Å²) in [4.78, 5) is 23.9. The number of halogens is 1. The molecule has 1 aromatic carbocycles. The van der Waals surface area contributed by atoms with Gasteiger partial charge >= 0.3 is 5.97 Å². The molecule has 0 saturated carbocycles. The van der Waals surface area contributed by atoms with Gasteiger partial charge in [0.05, 0.1) is 7.11 Å². The van der Waals surface area contributed by atoms with Gasteiger partial charge in [0.15, 0.2) is 5.78 Å². The van der Waals surface area contributed by atoms with Gasteiger partial charge in [-0.1, -0.05) is 32.4 Å². The van der Waals surface area contributed by atoms with Crippen molar-refractivity contribution >= 4 is 29.0 Å². The van der Waals surface area contributed by atoms with E-state index in [1.54, 1.807) is 39.0 Å². The third kappa shape index (κ3) is 4.90. The molecule has 0 heterocycles. The van der Waals surface area contributed by atoms with Crippen molar-refractivity contribution in [3.63, 3.8) is 0 Å². The Balaban J connectivity index is 3.13. The molecule has 0 fully saturated rings. The molecule has 0 saturated heterocycles. The lowest BCUT2D eigenvalue weighted by atomic mass is 9.90. The summed E-state index contributed by atoms with van der Waals surface area (Å²) in [6.07, 6.45) is 1.28. The number of hydrogen-bond acceptors (Lipinski definition) is 4. The number of benzene rings is 1. The smallest absolute Gasteiger partial charge is 0.354 e. The second-order valence-corrected chi connectivity index (χ2v) is 6.18. The SMILES string of the molecule is COC(=O)/C(=C/C(=O)C(C)(C)C)Nc1ccc(Cl)cc1C. The fourth-order valence-electron chi connectivity index (χ4n) is 1.52. The minimum absolute atomic E-state index is 0.0999.